The summed E-state index contributed by atoms with van der Waals surface area (Å²) in [6.07, 6.45) is 0.841. The Labute approximate surface area is 114 Å². The molecule has 6 heteroatoms. The summed E-state index contributed by atoms with van der Waals surface area (Å²) in [5, 5.41) is 2.56. The number of halogens is 1. The molecule has 4 nitrogen and oxygen atoms in total. The summed E-state index contributed by atoms with van der Waals surface area (Å²) < 4.78 is 12.2. The molecular weight excluding hydrogens is 272 g/mol. The van der Waals surface area contributed by atoms with Gasteiger partial charge in [-0.3, -0.25) is 9.00 Å². The molecule has 2 unspecified atom stereocenters. The standard InChI is InChI=1S/C12H17ClN2O2S/c1-3-6-15-12(16)8(2)18(17)11-5-4-9(13)7-10(11)14/h4-5,7-8H,3,6,14H2,1-2H3,(H,15,16). The highest BCUT2D eigenvalue weighted by Crippen LogP contribution is 2.23. The van der Waals surface area contributed by atoms with Gasteiger partial charge >= 0.3 is 0 Å². The van der Waals surface area contributed by atoms with Crippen LogP contribution in [0.5, 0.6) is 0 Å². The molecule has 0 spiro atoms. The van der Waals surface area contributed by atoms with Gasteiger partial charge in [0.25, 0.3) is 0 Å². The first-order valence-electron chi connectivity index (χ1n) is 5.70. The van der Waals surface area contributed by atoms with Crippen molar-refractivity contribution in [1.29, 1.82) is 0 Å². The Balaban J connectivity index is 2.83. The van der Waals surface area contributed by atoms with E-state index in [0.29, 0.717) is 22.2 Å². The molecule has 0 radical (unpaired) electrons. The second-order valence-electron chi connectivity index (χ2n) is 3.91. The maximum absolute atomic E-state index is 12.2. The van der Waals surface area contributed by atoms with E-state index in [1.807, 2.05) is 6.92 Å². The van der Waals surface area contributed by atoms with E-state index < -0.39 is 16.0 Å². The molecule has 1 aromatic carbocycles. The Hall–Kier alpha value is -1.07. The zero-order chi connectivity index (χ0) is 13.7. The number of nitrogen functional groups attached to an aromatic ring is 1. The Kier molecular flexibility index (Phi) is 5.62. The minimum absolute atomic E-state index is 0.232. The summed E-state index contributed by atoms with van der Waals surface area (Å²) in [6.45, 7) is 4.16. The molecule has 3 N–H and O–H groups in total. The van der Waals surface area contributed by atoms with Crippen LogP contribution in [0.2, 0.25) is 5.02 Å². The number of rotatable bonds is 5. The fourth-order valence-electron chi connectivity index (χ4n) is 1.38. The number of nitrogens with two attached hydrogens (primary N) is 1. The quantitative estimate of drug-likeness (QED) is 0.814. The van der Waals surface area contributed by atoms with E-state index in [1.165, 1.54) is 6.07 Å². The van der Waals surface area contributed by atoms with Crippen molar-refractivity contribution in [2.24, 2.45) is 0 Å². The summed E-state index contributed by atoms with van der Waals surface area (Å²) in [5.41, 5.74) is 6.09. The van der Waals surface area contributed by atoms with Crippen LogP contribution in [-0.2, 0) is 15.6 Å². The molecule has 0 heterocycles. The van der Waals surface area contributed by atoms with E-state index in [0.717, 1.165) is 6.42 Å². The summed E-state index contributed by atoms with van der Waals surface area (Å²) >= 11 is 5.77. The lowest BCUT2D eigenvalue weighted by Crippen LogP contribution is -2.36. The van der Waals surface area contributed by atoms with Crippen LogP contribution in [0, 0.1) is 0 Å². The van der Waals surface area contributed by atoms with E-state index in [9.17, 15) is 9.00 Å². The number of anilines is 1. The predicted molar refractivity (Wildman–Crippen MR) is 75.0 cm³/mol. The van der Waals surface area contributed by atoms with Crippen molar-refractivity contribution >= 4 is 34.0 Å². The maximum atomic E-state index is 12.2. The lowest BCUT2D eigenvalue weighted by Gasteiger charge is -2.13. The van der Waals surface area contributed by atoms with Gasteiger partial charge in [-0.05, 0) is 31.5 Å². The third kappa shape index (κ3) is 3.71. The number of carbonyl (C=O) groups is 1. The molecule has 1 aromatic rings. The molecule has 0 aliphatic carbocycles. The lowest BCUT2D eigenvalue weighted by atomic mass is 10.3. The fraction of sp³-hybridized carbons (Fsp3) is 0.417. The van der Waals surface area contributed by atoms with Crippen molar-refractivity contribution in [3.8, 4) is 0 Å². The van der Waals surface area contributed by atoms with Gasteiger partial charge in [-0.25, -0.2) is 0 Å². The Morgan fingerprint density at radius 3 is 2.78 bits per heavy atom. The predicted octanol–water partition coefficient (Wildman–Crippen LogP) is 1.94. The number of benzene rings is 1. The van der Waals surface area contributed by atoms with Gasteiger partial charge in [0.15, 0.2) is 0 Å². The van der Waals surface area contributed by atoms with Crippen molar-refractivity contribution in [2.45, 2.75) is 30.4 Å². The normalized spacial score (nSPS) is 13.9. The number of nitrogens with one attached hydrogen (secondary N) is 1. The number of hydrogen-bond donors (Lipinski definition) is 2. The van der Waals surface area contributed by atoms with E-state index in [-0.39, 0.29) is 5.91 Å². The van der Waals surface area contributed by atoms with E-state index >= 15 is 0 Å². The van der Waals surface area contributed by atoms with E-state index in [4.69, 9.17) is 17.3 Å². The van der Waals surface area contributed by atoms with Crippen molar-refractivity contribution in [1.82, 2.24) is 5.32 Å². The Bertz CT molecular complexity index is 465. The number of carbonyl (C=O) groups excluding carboxylic acids is 1. The highest BCUT2D eigenvalue weighted by Gasteiger charge is 2.22. The van der Waals surface area contributed by atoms with Gasteiger partial charge in [-0.15, -0.1) is 0 Å². The van der Waals surface area contributed by atoms with Crippen LogP contribution >= 0.6 is 11.6 Å². The van der Waals surface area contributed by atoms with Crippen molar-refractivity contribution < 1.29 is 9.00 Å². The van der Waals surface area contributed by atoms with Crippen LogP contribution in [0.25, 0.3) is 0 Å². The maximum Gasteiger partial charge on any atom is 0.235 e. The third-order valence-corrected chi connectivity index (χ3v) is 4.32. The lowest BCUT2D eigenvalue weighted by molar-refractivity contribution is -0.120. The summed E-state index contributed by atoms with van der Waals surface area (Å²) in [7, 11) is -1.48. The van der Waals surface area contributed by atoms with Crippen molar-refractivity contribution in [3.05, 3.63) is 23.2 Å². The van der Waals surface area contributed by atoms with Gasteiger partial charge in [-0.1, -0.05) is 18.5 Å². The molecule has 0 saturated carbocycles. The SMILES string of the molecule is CCCNC(=O)C(C)S(=O)c1ccc(Cl)cc1N. The fourth-order valence-corrected chi connectivity index (χ4v) is 2.71. The van der Waals surface area contributed by atoms with Crippen LogP contribution in [-0.4, -0.2) is 21.9 Å². The minimum Gasteiger partial charge on any atom is -0.398 e. The van der Waals surface area contributed by atoms with Crippen LogP contribution < -0.4 is 11.1 Å². The molecule has 0 aliphatic heterocycles. The molecule has 1 amide bonds. The molecule has 1 rings (SSSR count). The molecular formula is C12H17ClN2O2S. The molecule has 100 valence electrons. The van der Waals surface area contributed by atoms with Gasteiger partial charge in [-0.2, -0.15) is 0 Å². The summed E-state index contributed by atoms with van der Waals surface area (Å²) in [5.74, 6) is -0.232. The molecule has 0 bridgehead atoms. The molecule has 2 atom stereocenters. The molecule has 18 heavy (non-hydrogen) atoms. The zero-order valence-electron chi connectivity index (χ0n) is 10.4. The van der Waals surface area contributed by atoms with Gasteiger partial charge in [0.05, 0.1) is 15.7 Å². The first kappa shape index (κ1) is 15.0. The van der Waals surface area contributed by atoms with Gasteiger partial charge in [0.1, 0.15) is 5.25 Å². The van der Waals surface area contributed by atoms with Crippen LogP contribution in [0.3, 0.4) is 0 Å². The highest BCUT2D eigenvalue weighted by molar-refractivity contribution is 7.86. The first-order chi connectivity index (χ1) is 8.47. The molecule has 0 aliphatic rings. The van der Waals surface area contributed by atoms with E-state index in [2.05, 4.69) is 5.32 Å². The molecule has 0 aromatic heterocycles. The second kappa shape index (κ2) is 6.75. The summed E-state index contributed by atoms with van der Waals surface area (Å²) in [6, 6.07) is 4.74. The average Bonchev–Trinajstić information content (AvgIpc) is 2.34. The molecule has 0 fully saturated rings. The number of amides is 1. The van der Waals surface area contributed by atoms with Gasteiger partial charge in [0, 0.05) is 17.3 Å². The minimum atomic E-state index is -1.48. The monoisotopic (exact) mass is 288 g/mol. The summed E-state index contributed by atoms with van der Waals surface area (Å²) in [4.78, 5) is 12.2. The Morgan fingerprint density at radius 2 is 2.22 bits per heavy atom. The van der Waals surface area contributed by atoms with Crippen LogP contribution in [0.4, 0.5) is 5.69 Å². The average molecular weight is 289 g/mol. The van der Waals surface area contributed by atoms with Gasteiger partial charge in [0.2, 0.25) is 5.91 Å². The first-order valence-corrected chi connectivity index (χ1v) is 7.29. The second-order valence-corrected chi connectivity index (χ2v) is 6.09. The third-order valence-electron chi connectivity index (χ3n) is 2.43. The molecule has 0 saturated heterocycles. The largest absolute Gasteiger partial charge is 0.398 e. The highest BCUT2D eigenvalue weighted by atomic mass is 35.5. The van der Waals surface area contributed by atoms with Crippen molar-refractivity contribution in [3.63, 3.8) is 0 Å². The number of hydrogen-bond acceptors (Lipinski definition) is 3. The van der Waals surface area contributed by atoms with Crippen LogP contribution in [0.1, 0.15) is 20.3 Å². The van der Waals surface area contributed by atoms with Crippen molar-refractivity contribution in [2.75, 3.05) is 12.3 Å². The van der Waals surface area contributed by atoms with Crippen LogP contribution in [0.15, 0.2) is 23.1 Å². The van der Waals surface area contributed by atoms with E-state index in [1.54, 1.807) is 19.1 Å². The smallest absolute Gasteiger partial charge is 0.235 e. The zero-order valence-corrected chi connectivity index (χ0v) is 12.0. The van der Waals surface area contributed by atoms with Gasteiger partial charge < -0.3 is 11.1 Å². The Morgan fingerprint density at radius 1 is 1.56 bits per heavy atom. The topological polar surface area (TPSA) is 72.2 Å².